The van der Waals surface area contributed by atoms with E-state index in [0.717, 1.165) is 18.2 Å². The Labute approximate surface area is 115 Å². The van der Waals surface area contributed by atoms with Crippen molar-refractivity contribution in [1.82, 2.24) is 4.98 Å². The lowest BCUT2D eigenvalue weighted by atomic mass is 10.3. The highest BCUT2D eigenvalue weighted by atomic mass is 19.1. The highest BCUT2D eigenvalue weighted by molar-refractivity contribution is 5.93. The molecule has 1 heterocycles. The van der Waals surface area contributed by atoms with Gasteiger partial charge in [0.2, 0.25) is 5.91 Å². The molecule has 0 fully saturated rings. The molecule has 0 spiro atoms. The number of amides is 1. The van der Waals surface area contributed by atoms with Crippen LogP contribution in [0.2, 0.25) is 0 Å². The van der Waals surface area contributed by atoms with E-state index in [2.05, 4.69) is 10.3 Å². The average molecular weight is 277 g/mol. The Bertz CT molecular complexity index is 584. The minimum absolute atomic E-state index is 0.0230. The zero-order valence-electron chi connectivity index (χ0n) is 10.8. The number of carbonyl (C=O) groups is 1. The molecule has 0 saturated heterocycles. The fourth-order valence-electron chi connectivity index (χ4n) is 1.70. The van der Waals surface area contributed by atoms with Gasteiger partial charge in [-0.3, -0.25) is 4.79 Å². The molecule has 0 atom stereocenters. The van der Waals surface area contributed by atoms with E-state index in [4.69, 9.17) is 0 Å². The molecule has 20 heavy (non-hydrogen) atoms. The molecular weight excluding hydrogens is 264 g/mol. The van der Waals surface area contributed by atoms with Crippen molar-refractivity contribution < 1.29 is 13.6 Å². The van der Waals surface area contributed by atoms with Crippen LogP contribution >= 0.6 is 0 Å². The lowest BCUT2D eigenvalue weighted by Gasteiger charge is -2.17. The maximum atomic E-state index is 13.0. The minimum Gasteiger partial charge on any atom is -0.350 e. The molecule has 0 bridgehead atoms. The highest BCUT2D eigenvalue weighted by Gasteiger charge is 2.09. The van der Waals surface area contributed by atoms with E-state index in [1.807, 2.05) is 0 Å². The fourth-order valence-corrected chi connectivity index (χ4v) is 1.70. The van der Waals surface area contributed by atoms with Crippen molar-refractivity contribution in [1.29, 1.82) is 0 Å². The standard InChI is InChI=1S/C14H13F2N3O/c1-19(13-4-2-3-5-17-13)9-14(20)18-12-7-10(15)6-11(16)8-12/h2-8H,9H2,1H3,(H,18,20). The van der Waals surface area contributed by atoms with Gasteiger partial charge in [-0.25, -0.2) is 13.8 Å². The topological polar surface area (TPSA) is 45.2 Å². The molecule has 0 saturated carbocycles. The third-order valence-corrected chi connectivity index (χ3v) is 2.57. The third kappa shape index (κ3) is 3.74. The number of aromatic nitrogens is 1. The van der Waals surface area contributed by atoms with Crippen molar-refractivity contribution in [2.75, 3.05) is 23.8 Å². The summed E-state index contributed by atoms with van der Waals surface area (Å²) in [4.78, 5) is 17.5. The summed E-state index contributed by atoms with van der Waals surface area (Å²) >= 11 is 0. The van der Waals surface area contributed by atoms with Crippen LogP contribution in [0.4, 0.5) is 20.3 Å². The van der Waals surface area contributed by atoms with E-state index in [-0.39, 0.29) is 18.1 Å². The maximum Gasteiger partial charge on any atom is 0.243 e. The first-order valence-electron chi connectivity index (χ1n) is 5.93. The summed E-state index contributed by atoms with van der Waals surface area (Å²) < 4.78 is 26.0. The van der Waals surface area contributed by atoms with Gasteiger partial charge < -0.3 is 10.2 Å². The van der Waals surface area contributed by atoms with E-state index in [9.17, 15) is 13.6 Å². The van der Waals surface area contributed by atoms with Crippen LogP contribution in [0, 0.1) is 11.6 Å². The SMILES string of the molecule is CN(CC(=O)Nc1cc(F)cc(F)c1)c1ccccn1. The van der Waals surface area contributed by atoms with Crippen LogP contribution in [0.5, 0.6) is 0 Å². The largest absolute Gasteiger partial charge is 0.350 e. The van der Waals surface area contributed by atoms with Crippen LogP contribution in [0.1, 0.15) is 0 Å². The fraction of sp³-hybridized carbons (Fsp3) is 0.143. The number of anilines is 2. The van der Waals surface area contributed by atoms with Crippen LogP contribution in [-0.2, 0) is 4.79 Å². The lowest BCUT2D eigenvalue weighted by molar-refractivity contribution is -0.114. The first kappa shape index (κ1) is 13.9. The van der Waals surface area contributed by atoms with Gasteiger partial charge in [-0.05, 0) is 24.3 Å². The van der Waals surface area contributed by atoms with Crippen molar-refractivity contribution in [2.24, 2.45) is 0 Å². The second-order valence-electron chi connectivity index (χ2n) is 4.25. The number of halogens is 2. The zero-order valence-corrected chi connectivity index (χ0v) is 10.8. The molecule has 1 aromatic carbocycles. The summed E-state index contributed by atoms with van der Waals surface area (Å²) in [5.41, 5.74) is 0.0851. The zero-order chi connectivity index (χ0) is 14.5. The first-order chi connectivity index (χ1) is 9.54. The summed E-state index contributed by atoms with van der Waals surface area (Å²) in [5, 5.41) is 2.44. The Kier molecular flexibility index (Phi) is 4.24. The Morgan fingerprint density at radius 2 is 1.95 bits per heavy atom. The van der Waals surface area contributed by atoms with Gasteiger partial charge in [0.25, 0.3) is 0 Å². The van der Waals surface area contributed by atoms with Gasteiger partial charge in [0, 0.05) is 25.0 Å². The summed E-state index contributed by atoms with van der Waals surface area (Å²) in [6.45, 7) is 0.0230. The normalized spacial score (nSPS) is 10.2. The number of benzene rings is 1. The quantitative estimate of drug-likeness (QED) is 0.933. The number of carbonyl (C=O) groups excluding carboxylic acids is 1. The van der Waals surface area contributed by atoms with Gasteiger partial charge in [0.1, 0.15) is 17.5 Å². The monoisotopic (exact) mass is 277 g/mol. The number of hydrogen-bond acceptors (Lipinski definition) is 3. The molecule has 4 nitrogen and oxygen atoms in total. The van der Waals surface area contributed by atoms with Gasteiger partial charge >= 0.3 is 0 Å². The molecule has 2 rings (SSSR count). The third-order valence-electron chi connectivity index (χ3n) is 2.57. The predicted molar refractivity (Wildman–Crippen MR) is 72.5 cm³/mol. The van der Waals surface area contributed by atoms with E-state index >= 15 is 0 Å². The van der Waals surface area contributed by atoms with Gasteiger partial charge in [0.05, 0.1) is 6.54 Å². The summed E-state index contributed by atoms with van der Waals surface area (Å²) in [7, 11) is 1.70. The number of likely N-dealkylation sites (N-methyl/N-ethyl adjacent to an activating group) is 1. The van der Waals surface area contributed by atoms with E-state index in [1.54, 1.807) is 36.3 Å². The van der Waals surface area contributed by atoms with Gasteiger partial charge in [-0.2, -0.15) is 0 Å². The minimum atomic E-state index is -0.738. The number of nitrogens with zero attached hydrogens (tertiary/aromatic N) is 2. The molecular formula is C14H13F2N3O. The van der Waals surface area contributed by atoms with Crippen molar-refractivity contribution in [3.8, 4) is 0 Å². The van der Waals surface area contributed by atoms with E-state index < -0.39 is 11.6 Å². The number of hydrogen-bond donors (Lipinski definition) is 1. The Morgan fingerprint density at radius 1 is 1.25 bits per heavy atom. The van der Waals surface area contributed by atoms with Crippen molar-refractivity contribution in [3.63, 3.8) is 0 Å². The highest BCUT2D eigenvalue weighted by Crippen LogP contribution is 2.13. The Hall–Kier alpha value is -2.50. The van der Waals surface area contributed by atoms with Crippen LogP contribution in [0.15, 0.2) is 42.6 Å². The first-order valence-corrected chi connectivity index (χ1v) is 5.93. The van der Waals surface area contributed by atoms with Gasteiger partial charge in [-0.15, -0.1) is 0 Å². The molecule has 0 aliphatic carbocycles. The maximum absolute atomic E-state index is 13.0. The van der Waals surface area contributed by atoms with Crippen LogP contribution in [0.25, 0.3) is 0 Å². The number of rotatable bonds is 4. The molecule has 6 heteroatoms. The molecule has 1 N–H and O–H groups in total. The van der Waals surface area contributed by atoms with Crippen molar-refractivity contribution in [2.45, 2.75) is 0 Å². The predicted octanol–water partition coefficient (Wildman–Crippen LogP) is 2.43. The van der Waals surface area contributed by atoms with Gasteiger partial charge in [-0.1, -0.05) is 6.07 Å². The van der Waals surface area contributed by atoms with Crippen LogP contribution in [0.3, 0.4) is 0 Å². The Balaban J connectivity index is 1.99. The molecule has 2 aromatic rings. The Morgan fingerprint density at radius 3 is 2.55 bits per heavy atom. The second kappa shape index (κ2) is 6.10. The summed E-state index contributed by atoms with van der Waals surface area (Å²) in [5.74, 6) is -1.23. The van der Waals surface area contributed by atoms with Crippen LogP contribution in [-0.4, -0.2) is 24.5 Å². The molecule has 104 valence electrons. The molecule has 0 aliphatic rings. The molecule has 0 radical (unpaired) electrons. The molecule has 0 unspecified atom stereocenters. The average Bonchev–Trinajstić information content (AvgIpc) is 2.38. The van der Waals surface area contributed by atoms with Crippen molar-refractivity contribution in [3.05, 3.63) is 54.2 Å². The van der Waals surface area contributed by atoms with E-state index in [1.165, 1.54) is 0 Å². The number of pyridine rings is 1. The molecule has 1 amide bonds. The smallest absolute Gasteiger partial charge is 0.243 e. The molecule has 0 aliphatic heterocycles. The molecule has 1 aromatic heterocycles. The number of nitrogens with one attached hydrogen (secondary N) is 1. The lowest BCUT2D eigenvalue weighted by Crippen LogP contribution is -2.30. The van der Waals surface area contributed by atoms with Crippen molar-refractivity contribution >= 4 is 17.4 Å². The van der Waals surface area contributed by atoms with E-state index in [0.29, 0.717) is 5.82 Å². The summed E-state index contributed by atoms with van der Waals surface area (Å²) in [6.07, 6.45) is 1.62. The second-order valence-corrected chi connectivity index (χ2v) is 4.25. The van der Waals surface area contributed by atoms with Gasteiger partial charge in [0.15, 0.2) is 0 Å². The summed E-state index contributed by atoms with van der Waals surface area (Å²) in [6, 6.07) is 8.19. The van der Waals surface area contributed by atoms with Crippen LogP contribution < -0.4 is 10.2 Å².